The quantitative estimate of drug-likeness (QED) is 0.845. The van der Waals surface area contributed by atoms with Crippen molar-refractivity contribution in [3.63, 3.8) is 0 Å². The highest BCUT2D eigenvalue weighted by Gasteiger charge is 2.24. The number of hydrogen-bond acceptors (Lipinski definition) is 4. The molecule has 6 heteroatoms. The number of aromatic nitrogens is 2. The molecule has 2 heterocycles. The number of fused-ring (bicyclic) bond motifs is 1. The van der Waals surface area contributed by atoms with Gasteiger partial charge in [-0.25, -0.2) is 0 Å². The van der Waals surface area contributed by atoms with E-state index in [0.717, 1.165) is 23.5 Å². The molecule has 0 saturated carbocycles. The highest BCUT2D eigenvalue weighted by molar-refractivity contribution is 5.93. The molecule has 0 atom stereocenters. The molecular formula is C18H23N3O3. The molecule has 1 aliphatic heterocycles. The fourth-order valence-electron chi connectivity index (χ4n) is 2.99. The largest absolute Gasteiger partial charge is 0.490 e. The van der Waals surface area contributed by atoms with Crippen LogP contribution in [0.15, 0.2) is 24.5 Å². The van der Waals surface area contributed by atoms with Crippen LogP contribution in [0.4, 0.5) is 0 Å². The summed E-state index contributed by atoms with van der Waals surface area (Å²) >= 11 is 0. The lowest BCUT2D eigenvalue weighted by Gasteiger charge is -2.29. The van der Waals surface area contributed by atoms with Gasteiger partial charge in [0.25, 0.3) is 5.91 Å². The van der Waals surface area contributed by atoms with Crippen molar-refractivity contribution in [3.05, 3.63) is 41.2 Å². The van der Waals surface area contributed by atoms with Crippen LogP contribution in [-0.4, -0.2) is 40.3 Å². The van der Waals surface area contributed by atoms with Gasteiger partial charge in [-0.15, -0.1) is 0 Å². The SMILES string of the molecule is CCOc1cc2c(cc1OCC)CN(C(=O)c1cnn(C)c1)CC2. The van der Waals surface area contributed by atoms with E-state index in [-0.39, 0.29) is 5.91 Å². The molecule has 1 amide bonds. The Morgan fingerprint density at radius 2 is 1.83 bits per heavy atom. The maximum absolute atomic E-state index is 12.6. The van der Waals surface area contributed by atoms with E-state index in [9.17, 15) is 4.79 Å². The second-order valence-corrected chi connectivity index (χ2v) is 5.81. The van der Waals surface area contributed by atoms with Gasteiger partial charge in [0.2, 0.25) is 0 Å². The van der Waals surface area contributed by atoms with Crippen molar-refractivity contribution in [1.82, 2.24) is 14.7 Å². The molecule has 24 heavy (non-hydrogen) atoms. The number of benzene rings is 1. The number of rotatable bonds is 5. The topological polar surface area (TPSA) is 56.6 Å². The number of carbonyl (C=O) groups excluding carboxylic acids is 1. The van der Waals surface area contributed by atoms with E-state index < -0.39 is 0 Å². The molecule has 0 aliphatic carbocycles. The Morgan fingerprint density at radius 1 is 1.17 bits per heavy atom. The predicted octanol–water partition coefficient (Wildman–Crippen LogP) is 2.42. The van der Waals surface area contributed by atoms with Gasteiger partial charge < -0.3 is 14.4 Å². The number of carbonyl (C=O) groups is 1. The molecule has 1 aliphatic rings. The van der Waals surface area contributed by atoms with Gasteiger partial charge in [-0.3, -0.25) is 9.48 Å². The first-order valence-corrected chi connectivity index (χ1v) is 8.31. The smallest absolute Gasteiger partial charge is 0.257 e. The Balaban J connectivity index is 1.84. The van der Waals surface area contributed by atoms with E-state index in [0.29, 0.717) is 31.9 Å². The van der Waals surface area contributed by atoms with Crippen LogP contribution in [0.2, 0.25) is 0 Å². The average Bonchev–Trinajstić information content (AvgIpc) is 3.01. The molecule has 0 spiro atoms. The Labute approximate surface area is 142 Å². The minimum Gasteiger partial charge on any atom is -0.490 e. The first-order valence-electron chi connectivity index (χ1n) is 8.31. The van der Waals surface area contributed by atoms with Crippen molar-refractivity contribution in [3.8, 4) is 11.5 Å². The third kappa shape index (κ3) is 3.22. The van der Waals surface area contributed by atoms with Gasteiger partial charge in [0.1, 0.15) is 0 Å². The van der Waals surface area contributed by atoms with Crippen molar-refractivity contribution in [2.24, 2.45) is 7.05 Å². The number of aryl methyl sites for hydroxylation is 1. The summed E-state index contributed by atoms with van der Waals surface area (Å²) in [5.41, 5.74) is 2.96. The van der Waals surface area contributed by atoms with Crippen molar-refractivity contribution in [2.45, 2.75) is 26.8 Å². The first kappa shape index (κ1) is 16.4. The molecular weight excluding hydrogens is 306 g/mol. The summed E-state index contributed by atoms with van der Waals surface area (Å²) in [4.78, 5) is 14.5. The van der Waals surface area contributed by atoms with Crippen molar-refractivity contribution >= 4 is 5.91 Å². The zero-order valence-corrected chi connectivity index (χ0v) is 14.4. The maximum atomic E-state index is 12.6. The molecule has 3 rings (SSSR count). The molecule has 1 aromatic heterocycles. The summed E-state index contributed by atoms with van der Waals surface area (Å²) in [5.74, 6) is 1.54. The normalized spacial score (nSPS) is 13.5. The highest BCUT2D eigenvalue weighted by atomic mass is 16.5. The van der Waals surface area contributed by atoms with Crippen LogP contribution >= 0.6 is 0 Å². The van der Waals surface area contributed by atoms with E-state index in [2.05, 4.69) is 11.2 Å². The Bertz CT molecular complexity index is 739. The summed E-state index contributed by atoms with van der Waals surface area (Å²) in [6.07, 6.45) is 4.18. The monoisotopic (exact) mass is 329 g/mol. The summed E-state index contributed by atoms with van der Waals surface area (Å²) < 4.78 is 13.0. The number of ether oxygens (including phenoxy) is 2. The number of amides is 1. The minimum atomic E-state index is 0.0144. The maximum Gasteiger partial charge on any atom is 0.257 e. The zero-order valence-electron chi connectivity index (χ0n) is 14.4. The van der Waals surface area contributed by atoms with E-state index >= 15 is 0 Å². The standard InChI is InChI=1S/C18H23N3O3/c1-4-23-16-8-13-6-7-21(12-14(13)9-17(16)24-5-2)18(22)15-10-19-20(3)11-15/h8-11H,4-7,12H2,1-3H3. The predicted molar refractivity (Wildman–Crippen MR) is 90.4 cm³/mol. The lowest BCUT2D eigenvalue weighted by molar-refractivity contribution is 0.0734. The van der Waals surface area contributed by atoms with E-state index in [1.807, 2.05) is 31.9 Å². The number of nitrogens with zero attached hydrogens (tertiary/aromatic N) is 3. The van der Waals surface area contributed by atoms with Gasteiger partial charge >= 0.3 is 0 Å². The molecule has 128 valence electrons. The summed E-state index contributed by atoms with van der Waals surface area (Å²) in [7, 11) is 1.81. The molecule has 0 bridgehead atoms. The van der Waals surface area contributed by atoms with Crippen LogP contribution in [0, 0.1) is 0 Å². The van der Waals surface area contributed by atoms with Crippen LogP contribution < -0.4 is 9.47 Å². The second kappa shape index (κ2) is 6.95. The highest BCUT2D eigenvalue weighted by Crippen LogP contribution is 2.34. The first-order chi connectivity index (χ1) is 11.6. The summed E-state index contributed by atoms with van der Waals surface area (Å²) in [6.45, 7) is 6.37. The van der Waals surface area contributed by atoms with Crippen LogP contribution in [0.3, 0.4) is 0 Å². The minimum absolute atomic E-state index is 0.0144. The second-order valence-electron chi connectivity index (χ2n) is 5.81. The molecule has 0 fully saturated rings. The zero-order chi connectivity index (χ0) is 17.1. The van der Waals surface area contributed by atoms with Gasteiger partial charge in [-0.05, 0) is 43.5 Å². The third-order valence-electron chi connectivity index (χ3n) is 4.12. The number of hydrogen-bond donors (Lipinski definition) is 0. The van der Waals surface area contributed by atoms with Crippen LogP contribution in [0.25, 0.3) is 0 Å². The molecule has 1 aromatic carbocycles. The molecule has 0 saturated heterocycles. The van der Waals surface area contributed by atoms with Crippen LogP contribution in [0.5, 0.6) is 11.5 Å². The molecule has 0 radical (unpaired) electrons. The van der Waals surface area contributed by atoms with Gasteiger partial charge in [0.15, 0.2) is 11.5 Å². The van der Waals surface area contributed by atoms with Crippen LogP contribution in [-0.2, 0) is 20.0 Å². The molecule has 2 aromatic rings. The molecule has 6 nitrogen and oxygen atoms in total. The fourth-order valence-corrected chi connectivity index (χ4v) is 2.99. The van der Waals surface area contributed by atoms with Crippen molar-refractivity contribution in [2.75, 3.05) is 19.8 Å². The summed E-state index contributed by atoms with van der Waals surface area (Å²) in [5, 5.41) is 4.08. The fraction of sp³-hybridized carbons (Fsp3) is 0.444. The van der Waals surface area contributed by atoms with Crippen molar-refractivity contribution < 1.29 is 14.3 Å². The van der Waals surface area contributed by atoms with E-state index in [1.165, 1.54) is 5.56 Å². The molecule has 0 unspecified atom stereocenters. The average molecular weight is 329 g/mol. The Hall–Kier alpha value is -2.50. The lowest BCUT2D eigenvalue weighted by Crippen LogP contribution is -2.35. The third-order valence-corrected chi connectivity index (χ3v) is 4.12. The Kier molecular flexibility index (Phi) is 4.74. The van der Waals surface area contributed by atoms with Crippen molar-refractivity contribution in [1.29, 1.82) is 0 Å². The van der Waals surface area contributed by atoms with Gasteiger partial charge in [0.05, 0.1) is 25.0 Å². The van der Waals surface area contributed by atoms with Gasteiger partial charge in [0, 0.05) is 26.3 Å². The van der Waals surface area contributed by atoms with Gasteiger partial charge in [-0.1, -0.05) is 0 Å². The van der Waals surface area contributed by atoms with Crippen LogP contribution in [0.1, 0.15) is 35.3 Å². The molecule has 0 N–H and O–H groups in total. The summed E-state index contributed by atoms with van der Waals surface area (Å²) in [6, 6.07) is 4.06. The van der Waals surface area contributed by atoms with E-state index in [4.69, 9.17) is 9.47 Å². The van der Waals surface area contributed by atoms with Gasteiger partial charge in [-0.2, -0.15) is 5.10 Å². The Morgan fingerprint density at radius 3 is 2.42 bits per heavy atom. The lowest BCUT2D eigenvalue weighted by atomic mass is 9.98. The van der Waals surface area contributed by atoms with E-state index in [1.54, 1.807) is 17.1 Å².